The average Bonchev–Trinajstić information content (AvgIpc) is 3.06. The Morgan fingerprint density at radius 2 is 2.18 bits per heavy atom. The molecule has 1 saturated heterocycles. The van der Waals surface area contributed by atoms with Crippen molar-refractivity contribution in [1.82, 2.24) is 15.0 Å². The van der Waals surface area contributed by atoms with Gasteiger partial charge in [0.1, 0.15) is 0 Å². The molecule has 1 aliphatic heterocycles. The Bertz CT molecular complexity index is 401. The maximum Gasteiger partial charge on any atom is 0.229 e. The van der Waals surface area contributed by atoms with Gasteiger partial charge >= 0.3 is 0 Å². The normalized spacial score (nSPS) is 31.4. The third kappa shape index (κ3) is 2.21. The molecule has 17 heavy (non-hydrogen) atoms. The highest BCUT2D eigenvalue weighted by molar-refractivity contribution is 5.09. The van der Waals surface area contributed by atoms with Gasteiger partial charge in [0.2, 0.25) is 5.89 Å². The van der Waals surface area contributed by atoms with Crippen molar-refractivity contribution in [2.75, 3.05) is 20.1 Å². The molecule has 94 valence electrons. The molecule has 0 bridgehead atoms. The van der Waals surface area contributed by atoms with Crippen molar-refractivity contribution in [2.24, 2.45) is 5.73 Å². The minimum absolute atomic E-state index is 0.387. The molecule has 2 heterocycles. The minimum atomic E-state index is -0.387. The summed E-state index contributed by atoms with van der Waals surface area (Å²) in [5, 5.41) is 4.11. The van der Waals surface area contributed by atoms with Crippen LogP contribution in [0.1, 0.15) is 49.7 Å². The van der Waals surface area contributed by atoms with E-state index >= 15 is 0 Å². The molecule has 2 N–H and O–H groups in total. The van der Waals surface area contributed by atoms with Gasteiger partial charge in [-0.15, -0.1) is 0 Å². The molecule has 1 saturated carbocycles. The van der Waals surface area contributed by atoms with E-state index in [1.54, 1.807) is 0 Å². The molecule has 2 fully saturated rings. The molecule has 2 aliphatic rings. The summed E-state index contributed by atoms with van der Waals surface area (Å²) in [6.07, 6.45) is 5.32. The SMILES string of the molecule is CN1CCCC(N)(c2noc(C3CC3)n2)CC1. The Morgan fingerprint density at radius 3 is 2.94 bits per heavy atom. The predicted octanol–water partition coefficient (Wildman–Crippen LogP) is 1.22. The van der Waals surface area contributed by atoms with Crippen molar-refractivity contribution in [2.45, 2.75) is 43.6 Å². The highest BCUT2D eigenvalue weighted by Gasteiger charge is 2.37. The maximum absolute atomic E-state index is 6.46. The lowest BCUT2D eigenvalue weighted by atomic mass is 9.91. The van der Waals surface area contributed by atoms with Crippen LogP contribution in [0.25, 0.3) is 0 Å². The first-order valence-electron chi connectivity index (χ1n) is 6.49. The number of aromatic nitrogens is 2. The first-order valence-corrected chi connectivity index (χ1v) is 6.49. The van der Waals surface area contributed by atoms with Crippen LogP contribution in [-0.2, 0) is 5.54 Å². The summed E-state index contributed by atoms with van der Waals surface area (Å²) in [7, 11) is 2.14. The monoisotopic (exact) mass is 236 g/mol. The number of hydrogen-bond acceptors (Lipinski definition) is 5. The van der Waals surface area contributed by atoms with Crippen LogP contribution in [0, 0.1) is 0 Å². The van der Waals surface area contributed by atoms with Gasteiger partial charge in [0.05, 0.1) is 5.54 Å². The van der Waals surface area contributed by atoms with Gasteiger partial charge in [-0.3, -0.25) is 0 Å². The van der Waals surface area contributed by atoms with Crippen LogP contribution in [0.4, 0.5) is 0 Å². The molecule has 0 amide bonds. The van der Waals surface area contributed by atoms with E-state index in [1.165, 1.54) is 12.8 Å². The van der Waals surface area contributed by atoms with Gasteiger partial charge in [-0.1, -0.05) is 5.16 Å². The lowest BCUT2D eigenvalue weighted by Crippen LogP contribution is -2.38. The molecule has 0 radical (unpaired) electrons. The zero-order valence-electron chi connectivity index (χ0n) is 10.4. The molecule has 0 spiro atoms. The Kier molecular flexibility index (Phi) is 2.67. The Hall–Kier alpha value is -0.940. The second-order valence-electron chi connectivity index (χ2n) is 5.54. The topological polar surface area (TPSA) is 68.2 Å². The van der Waals surface area contributed by atoms with E-state index in [4.69, 9.17) is 10.3 Å². The molecule has 5 heteroatoms. The van der Waals surface area contributed by atoms with Gasteiger partial charge in [-0.2, -0.15) is 4.98 Å². The number of nitrogens with two attached hydrogens (primary N) is 1. The van der Waals surface area contributed by atoms with Crippen LogP contribution >= 0.6 is 0 Å². The Morgan fingerprint density at radius 1 is 1.35 bits per heavy atom. The summed E-state index contributed by atoms with van der Waals surface area (Å²) >= 11 is 0. The highest BCUT2D eigenvalue weighted by Crippen LogP contribution is 2.40. The van der Waals surface area contributed by atoms with Crippen molar-refractivity contribution >= 4 is 0 Å². The van der Waals surface area contributed by atoms with Gasteiger partial charge in [0.15, 0.2) is 5.82 Å². The van der Waals surface area contributed by atoms with E-state index in [1.807, 2.05) is 0 Å². The third-order valence-electron chi connectivity index (χ3n) is 3.92. The molecule has 1 aromatic heterocycles. The molecule has 1 atom stereocenters. The van der Waals surface area contributed by atoms with Crippen LogP contribution in [0.15, 0.2) is 4.52 Å². The summed E-state index contributed by atoms with van der Waals surface area (Å²) in [6, 6.07) is 0. The number of rotatable bonds is 2. The summed E-state index contributed by atoms with van der Waals surface area (Å²) in [6.45, 7) is 2.11. The molecular formula is C12H20N4O. The lowest BCUT2D eigenvalue weighted by Gasteiger charge is -2.23. The van der Waals surface area contributed by atoms with E-state index in [9.17, 15) is 0 Å². The van der Waals surface area contributed by atoms with E-state index in [0.717, 1.165) is 44.1 Å². The van der Waals surface area contributed by atoms with E-state index in [0.29, 0.717) is 5.92 Å². The van der Waals surface area contributed by atoms with Gasteiger partial charge in [0.25, 0.3) is 0 Å². The molecular weight excluding hydrogens is 216 g/mol. The van der Waals surface area contributed by atoms with Gasteiger partial charge in [-0.25, -0.2) is 0 Å². The summed E-state index contributed by atoms with van der Waals surface area (Å²) in [5.41, 5.74) is 6.08. The van der Waals surface area contributed by atoms with Crippen LogP contribution in [0.3, 0.4) is 0 Å². The Balaban J connectivity index is 1.79. The molecule has 1 aliphatic carbocycles. The van der Waals surface area contributed by atoms with E-state index in [2.05, 4.69) is 22.1 Å². The number of hydrogen-bond donors (Lipinski definition) is 1. The number of likely N-dealkylation sites (tertiary alicyclic amines) is 1. The molecule has 1 aromatic rings. The standard InChI is InChI=1S/C12H20N4O/c1-16-7-2-5-12(13,6-8-16)11-14-10(17-15-11)9-3-4-9/h9H,2-8,13H2,1H3. The lowest BCUT2D eigenvalue weighted by molar-refractivity contribution is 0.309. The van der Waals surface area contributed by atoms with Crippen molar-refractivity contribution in [3.05, 3.63) is 11.7 Å². The Labute approximate surface area is 101 Å². The summed E-state index contributed by atoms with van der Waals surface area (Å²) in [5.74, 6) is 2.02. The predicted molar refractivity (Wildman–Crippen MR) is 63.5 cm³/mol. The zero-order valence-corrected chi connectivity index (χ0v) is 10.4. The van der Waals surface area contributed by atoms with Crippen molar-refractivity contribution in [1.29, 1.82) is 0 Å². The van der Waals surface area contributed by atoms with Crippen molar-refractivity contribution in [3.63, 3.8) is 0 Å². The fourth-order valence-electron chi connectivity index (χ4n) is 2.45. The average molecular weight is 236 g/mol. The second kappa shape index (κ2) is 4.07. The molecule has 5 nitrogen and oxygen atoms in total. The van der Waals surface area contributed by atoms with Crippen molar-refractivity contribution in [3.8, 4) is 0 Å². The summed E-state index contributed by atoms with van der Waals surface area (Å²) < 4.78 is 5.32. The van der Waals surface area contributed by atoms with Gasteiger partial charge in [-0.05, 0) is 45.7 Å². The minimum Gasteiger partial charge on any atom is -0.339 e. The smallest absolute Gasteiger partial charge is 0.229 e. The van der Waals surface area contributed by atoms with Crippen LogP contribution in [-0.4, -0.2) is 35.2 Å². The quantitative estimate of drug-likeness (QED) is 0.836. The van der Waals surface area contributed by atoms with E-state index in [-0.39, 0.29) is 5.54 Å². The highest BCUT2D eigenvalue weighted by atomic mass is 16.5. The first kappa shape index (κ1) is 11.2. The largest absolute Gasteiger partial charge is 0.339 e. The first-order chi connectivity index (χ1) is 8.17. The number of nitrogens with zero attached hydrogens (tertiary/aromatic N) is 3. The van der Waals surface area contributed by atoms with Gasteiger partial charge < -0.3 is 15.2 Å². The fraction of sp³-hybridized carbons (Fsp3) is 0.833. The van der Waals surface area contributed by atoms with Crippen molar-refractivity contribution < 1.29 is 4.52 Å². The third-order valence-corrected chi connectivity index (χ3v) is 3.92. The fourth-order valence-corrected chi connectivity index (χ4v) is 2.45. The zero-order chi connectivity index (χ0) is 11.9. The molecule has 0 aromatic carbocycles. The maximum atomic E-state index is 6.46. The summed E-state index contributed by atoms with van der Waals surface area (Å²) in [4.78, 5) is 6.83. The van der Waals surface area contributed by atoms with E-state index < -0.39 is 0 Å². The van der Waals surface area contributed by atoms with Gasteiger partial charge in [0, 0.05) is 12.5 Å². The van der Waals surface area contributed by atoms with Crippen LogP contribution in [0.2, 0.25) is 0 Å². The molecule has 3 rings (SSSR count). The second-order valence-corrected chi connectivity index (χ2v) is 5.54. The van der Waals surface area contributed by atoms with Crippen LogP contribution < -0.4 is 5.73 Å². The molecule has 1 unspecified atom stereocenters. The van der Waals surface area contributed by atoms with Crippen LogP contribution in [0.5, 0.6) is 0 Å².